The number of aryl methyl sites for hydroxylation is 2. The van der Waals surface area contributed by atoms with Crippen molar-refractivity contribution in [1.29, 1.82) is 0 Å². The Balaban J connectivity index is 1.75. The number of amides is 2. The van der Waals surface area contributed by atoms with Gasteiger partial charge in [-0.25, -0.2) is 4.98 Å². The lowest BCUT2D eigenvalue weighted by Gasteiger charge is -2.22. The summed E-state index contributed by atoms with van der Waals surface area (Å²) in [6.07, 6.45) is 0. The van der Waals surface area contributed by atoms with Crippen molar-refractivity contribution in [3.05, 3.63) is 58.7 Å². The van der Waals surface area contributed by atoms with Gasteiger partial charge in [-0.2, -0.15) is 0 Å². The number of hydrogen-bond acceptors (Lipinski definition) is 4. The van der Waals surface area contributed by atoms with Gasteiger partial charge < -0.3 is 10.6 Å². The topological polar surface area (TPSA) is 71.1 Å². The third kappa shape index (κ3) is 5.31. The summed E-state index contributed by atoms with van der Waals surface area (Å²) in [6.45, 7) is 14.3. The number of hydrogen-bond donors (Lipinski definition) is 2. The van der Waals surface area contributed by atoms with E-state index in [9.17, 15) is 9.59 Å². The van der Waals surface area contributed by atoms with Crippen LogP contribution in [0.5, 0.6) is 0 Å². The van der Waals surface area contributed by atoms with Gasteiger partial charge in [0.25, 0.3) is 5.91 Å². The Morgan fingerprint density at radius 1 is 1.03 bits per heavy atom. The van der Waals surface area contributed by atoms with Crippen molar-refractivity contribution in [3.63, 3.8) is 0 Å². The van der Waals surface area contributed by atoms with Gasteiger partial charge >= 0.3 is 0 Å². The van der Waals surface area contributed by atoms with Crippen LogP contribution in [0.25, 0.3) is 10.2 Å². The summed E-state index contributed by atoms with van der Waals surface area (Å²) in [4.78, 5) is 30.4. The van der Waals surface area contributed by atoms with Gasteiger partial charge in [0, 0.05) is 5.56 Å². The molecule has 0 spiro atoms. The Morgan fingerprint density at radius 2 is 1.68 bits per heavy atom. The van der Waals surface area contributed by atoms with Gasteiger partial charge in [0.1, 0.15) is 6.04 Å². The molecule has 164 valence electrons. The van der Waals surface area contributed by atoms with E-state index in [1.165, 1.54) is 11.3 Å². The molecule has 2 amide bonds. The van der Waals surface area contributed by atoms with Crippen LogP contribution in [-0.2, 0) is 10.2 Å². The number of anilines is 1. The van der Waals surface area contributed by atoms with Crippen LogP contribution in [0.2, 0.25) is 0 Å². The number of carbonyl (C=O) groups excluding carboxylic acids is 2. The fourth-order valence-corrected chi connectivity index (χ4v) is 4.53. The van der Waals surface area contributed by atoms with E-state index in [1.54, 1.807) is 0 Å². The SMILES string of the molecule is Cc1cc(C)c2nc(NC(=O)[C@H](NC(=O)c3ccc(C(C)(C)C)cc3)C(C)C)sc2c1. The van der Waals surface area contributed by atoms with Gasteiger partial charge in [0.05, 0.1) is 10.2 Å². The van der Waals surface area contributed by atoms with E-state index < -0.39 is 6.04 Å². The first kappa shape index (κ1) is 22.9. The summed E-state index contributed by atoms with van der Waals surface area (Å²) in [7, 11) is 0. The van der Waals surface area contributed by atoms with Crippen LogP contribution in [0.3, 0.4) is 0 Å². The lowest BCUT2D eigenvalue weighted by atomic mass is 9.86. The van der Waals surface area contributed by atoms with Crippen LogP contribution < -0.4 is 10.6 Å². The molecule has 0 radical (unpaired) electrons. The van der Waals surface area contributed by atoms with Crippen molar-refractivity contribution in [1.82, 2.24) is 10.3 Å². The van der Waals surface area contributed by atoms with E-state index in [-0.39, 0.29) is 23.1 Å². The van der Waals surface area contributed by atoms with Crippen molar-refractivity contribution in [2.24, 2.45) is 5.92 Å². The maximum absolute atomic E-state index is 13.0. The fraction of sp³-hybridized carbons (Fsp3) is 0.400. The zero-order valence-corrected chi connectivity index (χ0v) is 20.1. The van der Waals surface area contributed by atoms with E-state index in [1.807, 2.05) is 52.0 Å². The number of thiazole rings is 1. The number of nitrogens with zero attached hydrogens (tertiary/aromatic N) is 1. The summed E-state index contributed by atoms with van der Waals surface area (Å²) in [6, 6.07) is 11.0. The van der Waals surface area contributed by atoms with Crippen molar-refractivity contribution < 1.29 is 9.59 Å². The third-order valence-corrected chi connectivity index (χ3v) is 6.23. The van der Waals surface area contributed by atoms with Crippen LogP contribution in [-0.4, -0.2) is 22.8 Å². The highest BCUT2D eigenvalue weighted by Gasteiger charge is 2.26. The van der Waals surface area contributed by atoms with E-state index in [0.717, 1.165) is 26.9 Å². The number of carbonyl (C=O) groups is 2. The molecule has 3 rings (SSSR count). The van der Waals surface area contributed by atoms with Crippen LogP contribution in [0.15, 0.2) is 36.4 Å². The van der Waals surface area contributed by atoms with Gasteiger partial charge in [-0.15, -0.1) is 0 Å². The Hall–Kier alpha value is -2.73. The molecule has 0 aliphatic carbocycles. The number of aromatic nitrogens is 1. The molecule has 1 atom stereocenters. The molecule has 0 bridgehead atoms. The second-order valence-electron chi connectivity index (χ2n) is 9.46. The summed E-state index contributed by atoms with van der Waals surface area (Å²) >= 11 is 1.45. The maximum Gasteiger partial charge on any atom is 0.251 e. The predicted molar refractivity (Wildman–Crippen MR) is 129 cm³/mol. The molecule has 5 nitrogen and oxygen atoms in total. The zero-order valence-electron chi connectivity index (χ0n) is 19.3. The molecule has 0 aliphatic heterocycles. The van der Waals surface area contributed by atoms with Gasteiger partial charge in [-0.3, -0.25) is 9.59 Å². The average molecular weight is 438 g/mol. The van der Waals surface area contributed by atoms with E-state index in [4.69, 9.17) is 0 Å². The minimum absolute atomic E-state index is 0.0174. The summed E-state index contributed by atoms with van der Waals surface area (Å²) in [5, 5.41) is 6.33. The molecule has 2 N–H and O–H groups in total. The van der Waals surface area contributed by atoms with Crippen LogP contribution in [0, 0.1) is 19.8 Å². The van der Waals surface area contributed by atoms with Crippen molar-refractivity contribution >= 4 is 38.5 Å². The van der Waals surface area contributed by atoms with Crippen molar-refractivity contribution in [2.45, 2.75) is 59.9 Å². The Kier molecular flexibility index (Phi) is 6.51. The number of rotatable bonds is 5. The number of fused-ring (bicyclic) bond motifs is 1. The molecule has 6 heteroatoms. The van der Waals surface area contributed by atoms with Crippen molar-refractivity contribution in [3.8, 4) is 0 Å². The highest BCUT2D eigenvalue weighted by atomic mass is 32.1. The first-order chi connectivity index (χ1) is 14.5. The molecule has 2 aromatic carbocycles. The normalized spacial score (nSPS) is 12.8. The Bertz CT molecular complexity index is 1110. The molecule has 0 saturated carbocycles. The molecule has 0 saturated heterocycles. The quantitative estimate of drug-likeness (QED) is 0.545. The second kappa shape index (κ2) is 8.79. The second-order valence-corrected chi connectivity index (χ2v) is 10.5. The lowest BCUT2D eigenvalue weighted by molar-refractivity contribution is -0.118. The first-order valence-corrected chi connectivity index (χ1v) is 11.4. The van der Waals surface area contributed by atoms with Gasteiger partial charge in [0.15, 0.2) is 5.13 Å². The molecule has 0 fully saturated rings. The molecule has 31 heavy (non-hydrogen) atoms. The number of benzene rings is 2. The minimum atomic E-state index is -0.662. The molecule has 1 heterocycles. The third-order valence-electron chi connectivity index (χ3n) is 5.31. The number of nitrogens with one attached hydrogen (secondary N) is 2. The largest absolute Gasteiger partial charge is 0.340 e. The Labute approximate surface area is 188 Å². The van der Waals surface area contributed by atoms with Crippen molar-refractivity contribution in [2.75, 3.05) is 5.32 Å². The molecular formula is C25H31N3O2S. The molecule has 3 aromatic rings. The van der Waals surface area contributed by atoms with Gasteiger partial charge in [0.2, 0.25) is 5.91 Å². The lowest BCUT2D eigenvalue weighted by Crippen LogP contribution is -2.47. The first-order valence-electron chi connectivity index (χ1n) is 10.6. The monoisotopic (exact) mass is 437 g/mol. The van der Waals surface area contributed by atoms with Crippen LogP contribution >= 0.6 is 11.3 Å². The summed E-state index contributed by atoms with van der Waals surface area (Å²) in [5.41, 5.74) is 4.86. The van der Waals surface area contributed by atoms with E-state index in [0.29, 0.717) is 10.7 Å². The highest BCUT2D eigenvalue weighted by molar-refractivity contribution is 7.22. The van der Waals surface area contributed by atoms with Gasteiger partial charge in [-0.1, -0.05) is 64.2 Å². The minimum Gasteiger partial charge on any atom is -0.340 e. The average Bonchev–Trinajstić information content (AvgIpc) is 3.07. The molecule has 0 unspecified atom stereocenters. The molecular weight excluding hydrogens is 406 g/mol. The fourth-order valence-electron chi connectivity index (χ4n) is 3.49. The van der Waals surface area contributed by atoms with Crippen LogP contribution in [0.4, 0.5) is 5.13 Å². The highest BCUT2D eigenvalue weighted by Crippen LogP contribution is 2.29. The maximum atomic E-state index is 13.0. The smallest absolute Gasteiger partial charge is 0.251 e. The zero-order chi connectivity index (χ0) is 22.9. The molecule has 1 aromatic heterocycles. The van der Waals surface area contributed by atoms with E-state index in [2.05, 4.69) is 48.5 Å². The standard InChI is InChI=1S/C25H31N3O2S/c1-14(2)20(26-22(29)17-8-10-18(11-9-17)25(5,6)7)23(30)28-24-27-21-16(4)12-15(3)13-19(21)31-24/h8-14,20H,1-7H3,(H,26,29)(H,27,28,30)/t20-/m1/s1. The summed E-state index contributed by atoms with van der Waals surface area (Å²) in [5.74, 6) is -0.593. The van der Waals surface area contributed by atoms with Crippen LogP contribution in [0.1, 0.15) is 61.7 Å². The predicted octanol–water partition coefficient (Wildman–Crippen LogP) is 5.60. The van der Waals surface area contributed by atoms with Gasteiger partial charge in [-0.05, 0) is 60.1 Å². The van der Waals surface area contributed by atoms with E-state index >= 15 is 0 Å². The molecule has 0 aliphatic rings. The summed E-state index contributed by atoms with van der Waals surface area (Å²) < 4.78 is 1.04. The Morgan fingerprint density at radius 3 is 2.26 bits per heavy atom.